The third kappa shape index (κ3) is 6.01. The molecular formula is C8H19NO3S. The van der Waals surface area contributed by atoms with E-state index in [2.05, 4.69) is 8.91 Å². The van der Waals surface area contributed by atoms with Crippen LogP contribution in [-0.2, 0) is 14.5 Å². The van der Waals surface area contributed by atoms with Crippen LogP contribution in [0.2, 0.25) is 0 Å². The van der Waals surface area contributed by atoms with Gasteiger partial charge in [0, 0.05) is 6.54 Å². The van der Waals surface area contributed by atoms with E-state index in [0.29, 0.717) is 6.54 Å². The Bertz CT molecular complexity index is 234. The normalized spacial score (nSPS) is 13.2. The summed E-state index contributed by atoms with van der Waals surface area (Å²) in [6, 6.07) is 0. The fourth-order valence-corrected chi connectivity index (χ4v) is 1.57. The minimum atomic E-state index is -3.52. The van der Waals surface area contributed by atoms with Crippen LogP contribution in [0.1, 0.15) is 34.1 Å². The Morgan fingerprint density at radius 2 is 1.85 bits per heavy atom. The molecule has 0 aromatic carbocycles. The summed E-state index contributed by atoms with van der Waals surface area (Å²) in [7, 11) is -3.52. The molecule has 1 N–H and O–H groups in total. The summed E-state index contributed by atoms with van der Waals surface area (Å²) in [5.74, 6) is 0. The predicted octanol–water partition coefficient (Wildman–Crippen LogP) is 1.29. The first-order chi connectivity index (χ1) is 5.83. The third-order valence-electron chi connectivity index (χ3n) is 1.96. The minimum Gasteiger partial charge on any atom is -0.258 e. The highest BCUT2D eigenvalue weighted by Crippen LogP contribution is 2.17. The predicted molar refractivity (Wildman–Crippen MR) is 52.6 cm³/mol. The van der Waals surface area contributed by atoms with Crippen molar-refractivity contribution >= 4 is 10.3 Å². The molecule has 0 aliphatic heterocycles. The first-order valence-electron chi connectivity index (χ1n) is 4.47. The zero-order chi connectivity index (χ0) is 10.5. The summed E-state index contributed by atoms with van der Waals surface area (Å²) < 4.78 is 29.1. The maximum Gasteiger partial charge on any atom is 0.335 e. The lowest BCUT2D eigenvalue weighted by Crippen LogP contribution is -2.34. The second kappa shape index (κ2) is 4.93. The average Bonchev–Trinajstić information content (AvgIpc) is 2.02. The van der Waals surface area contributed by atoms with Crippen LogP contribution >= 0.6 is 0 Å². The van der Waals surface area contributed by atoms with Gasteiger partial charge in [0.2, 0.25) is 0 Å². The molecule has 0 saturated carbocycles. The second-order valence-corrected chi connectivity index (χ2v) is 5.13. The molecule has 0 aromatic heterocycles. The summed E-state index contributed by atoms with van der Waals surface area (Å²) >= 11 is 0. The van der Waals surface area contributed by atoms with Crippen LogP contribution in [0.4, 0.5) is 0 Å². The smallest absolute Gasteiger partial charge is 0.258 e. The molecule has 80 valence electrons. The van der Waals surface area contributed by atoms with Crippen molar-refractivity contribution in [3.05, 3.63) is 0 Å². The molecule has 0 saturated heterocycles. The van der Waals surface area contributed by atoms with Gasteiger partial charge < -0.3 is 0 Å². The van der Waals surface area contributed by atoms with E-state index < -0.39 is 10.3 Å². The van der Waals surface area contributed by atoms with Crippen LogP contribution in [0.15, 0.2) is 0 Å². The molecule has 0 aliphatic rings. The maximum atomic E-state index is 11.1. The van der Waals surface area contributed by atoms with Crippen LogP contribution in [0.3, 0.4) is 0 Å². The maximum absolute atomic E-state index is 11.1. The van der Waals surface area contributed by atoms with Gasteiger partial charge in [-0.3, -0.25) is 4.18 Å². The highest BCUT2D eigenvalue weighted by Gasteiger charge is 2.18. The van der Waals surface area contributed by atoms with Gasteiger partial charge >= 0.3 is 10.3 Å². The molecule has 0 atom stereocenters. The van der Waals surface area contributed by atoms with Crippen molar-refractivity contribution in [1.29, 1.82) is 0 Å². The van der Waals surface area contributed by atoms with E-state index in [0.717, 1.165) is 6.42 Å². The van der Waals surface area contributed by atoms with E-state index in [1.807, 2.05) is 20.8 Å². The lowest BCUT2D eigenvalue weighted by Gasteiger charge is -2.22. The van der Waals surface area contributed by atoms with Crippen LogP contribution in [-0.4, -0.2) is 21.6 Å². The number of nitrogens with one attached hydrogen (secondary N) is 1. The Kier molecular flexibility index (Phi) is 4.88. The van der Waals surface area contributed by atoms with Gasteiger partial charge in [0.15, 0.2) is 0 Å². The van der Waals surface area contributed by atoms with E-state index in [1.54, 1.807) is 6.92 Å². The van der Waals surface area contributed by atoms with Gasteiger partial charge in [-0.25, -0.2) is 0 Å². The quantitative estimate of drug-likeness (QED) is 0.717. The van der Waals surface area contributed by atoms with E-state index in [1.165, 1.54) is 0 Å². The van der Waals surface area contributed by atoms with Crippen molar-refractivity contribution in [3.8, 4) is 0 Å². The molecule has 0 unspecified atom stereocenters. The SMILES string of the molecule is CCOS(=O)(=O)NCC(C)(C)CC. The molecule has 0 radical (unpaired) electrons. The van der Waals surface area contributed by atoms with Crippen molar-refractivity contribution in [1.82, 2.24) is 4.72 Å². The summed E-state index contributed by atoms with van der Waals surface area (Å²) in [5, 5.41) is 0. The highest BCUT2D eigenvalue weighted by atomic mass is 32.2. The van der Waals surface area contributed by atoms with Gasteiger partial charge in [0.1, 0.15) is 0 Å². The third-order valence-corrected chi connectivity index (χ3v) is 3.00. The monoisotopic (exact) mass is 209 g/mol. The topological polar surface area (TPSA) is 55.4 Å². The molecule has 0 aromatic rings. The molecule has 13 heavy (non-hydrogen) atoms. The van der Waals surface area contributed by atoms with Gasteiger partial charge in [-0.05, 0) is 18.8 Å². The molecule has 0 heterocycles. The van der Waals surface area contributed by atoms with E-state index in [9.17, 15) is 8.42 Å². The summed E-state index contributed by atoms with van der Waals surface area (Å²) in [6.45, 7) is 8.25. The molecule has 0 amide bonds. The highest BCUT2D eigenvalue weighted by molar-refractivity contribution is 7.84. The number of hydrogen-bond donors (Lipinski definition) is 1. The first-order valence-corrected chi connectivity index (χ1v) is 5.88. The largest absolute Gasteiger partial charge is 0.335 e. The average molecular weight is 209 g/mol. The van der Waals surface area contributed by atoms with Crippen molar-refractivity contribution in [3.63, 3.8) is 0 Å². The first kappa shape index (κ1) is 12.9. The second-order valence-electron chi connectivity index (χ2n) is 3.70. The van der Waals surface area contributed by atoms with Gasteiger partial charge in [0.25, 0.3) is 0 Å². The van der Waals surface area contributed by atoms with Gasteiger partial charge in [-0.1, -0.05) is 20.8 Å². The lowest BCUT2D eigenvalue weighted by atomic mass is 9.91. The molecule has 0 bridgehead atoms. The number of hydrogen-bond acceptors (Lipinski definition) is 3. The standard InChI is InChI=1S/C8H19NO3S/c1-5-8(3,4)7-9-13(10,11)12-6-2/h9H,5-7H2,1-4H3. The summed E-state index contributed by atoms with van der Waals surface area (Å²) in [5.41, 5.74) is -0.0236. The van der Waals surface area contributed by atoms with Crippen LogP contribution < -0.4 is 4.72 Å². The van der Waals surface area contributed by atoms with Crippen molar-refractivity contribution in [2.45, 2.75) is 34.1 Å². The fraction of sp³-hybridized carbons (Fsp3) is 1.00. The van der Waals surface area contributed by atoms with Crippen molar-refractivity contribution in [2.24, 2.45) is 5.41 Å². The molecule has 0 spiro atoms. The fourth-order valence-electron chi connectivity index (χ4n) is 0.606. The Morgan fingerprint density at radius 1 is 1.31 bits per heavy atom. The van der Waals surface area contributed by atoms with Crippen LogP contribution in [0.25, 0.3) is 0 Å². The molecule has 0 aliphatic carbocycles. The summed E-state index contributed by atoms with van der Waals surface area (Å²) in [4.78, 5) is 0. The Hall–Kier alpha value is -0.130. The Morgan fingerprint density at radius 3 is 2.23 bits per heavy atom. The zero-order valence-corrected chi connectivity index (χ0v) is 9.57. The zero-order valence-electron chi connectivity index (χ0n) is 8.75. The minimum absolute atomic E-state index is 0.0236. The molecule has 0 fully saturated rings. The Balaban J connectivity index is 4.02. The van der Waals surface area contributed by atoms with Crippen LogP contribution in [0.5, 0.6) is 0 Å². The van der Waals surface area contributed by atoms with Gasteiger partial charge in [-0.2, -0.15) is 13.1 Å². The van der Waals surface area contributed by atoms with Crippen molar-refractivity contribution < 1.29 is 12.6 Å². The lowest BCUT2D eigenvalue weighted by molar-refractivity contribution is 0.307. The van der Waals surface area contributed by atoms with Crippen LogP contribution in [0, 0.1) is 5.41 Å². The Labute approximate surface area is 80.9 Å². The van der Waals surface area contributed by atoms with E-state index >= 15 is 0 Å². The van der Waals surface area contributed by atoms with E-state index in [-0.39, 0.29) is 12.0 Å². The number of rotatable bonds is 6. The molecular weight excluding hydrogens is 190 g/mol. The molecule has 5 heteroatoms. The molecule has 4 nitrogen and oxygen atoms in total. The van der Waals surface area contributed by atoms with Crippen molar-refractivity contribution in [2.75, 3.05) is 13.2 Å². The van der Waals surface area contributed by atoms with Gasteiger partial charge in [-0.15, -0.1) is 0 Å². The van der Waals surface area contributed by atoms with E-state index in [4.69, 9.17) is 0 Å². The van der Waals surface area contributed by atoms with Gasteiger partial charge in [0.05, 0.1) is 6.61 Å². The summed E-state index contributed by atoms with van der Waals surface area (Å²) in [6.07, 6.45) is 0.918. The molecule has 0 rings (SSSR count).